The largest absolute Gasteiger partial charge is 0.377 e. The first-order valence-electron chi connectivity index (χ1n) is 7.31. The lowest BCUT2D eigenvalue weighted by Gasteiger charge is -2.14. The first-order chi connectivity index (χ1) is 10.7. The van der Waals surface area contributed by atoms with Gasteiger partial charge in [0, 0.05) is 6.61 Å². The minimum absolute atomic E-state index is 0.226. The average Bonchev–Trinajstić information content (AvgIpc) is 2.79. The molecule has 0 unspecified atom stereocenters. The van der Waals surface area contributed by atoms with Gasteiger partial charge in [-0.3, -0.25) is 14.5 Å². The fourth-order valence-corrected chi connectivity index (χ4v) is 2.60. The first kappa shape index (κ1) is 14.5. The summed E-state index contributed by atoms with van der Waals surface area (Å²) in [6, 6.07) is 14.7. The molecule has 1 heterocycles. The van der Waals surface area contributed by atoms with Gasteiger partial charge in [-0.15, -0.1) is 0 Å². The van der Waals surface area contributed by atoms with Gasteiger partial charge in [-0.1, -0.05) is 36.4 Å². The molecular weight excluding hydrogens is 278 g/mol. The number of benzene rings is 2. The van der Waals surface area contributed by atoms with Crippen molar-refractivity contribution in [1.82, 2.24) is 4.90 Å². The number of imide groups is 1. The third-order valence-electron chi connectivity index (χ3n) is 3.68. The second-order valence-corrected chi connectivity index (χ2v) is 5.20. The maximum absolute atomic E-state index is 12.3. The number of carbonyl (C=O) groups is 2. The third-order valence-corrected chi connectivity index (χ3v) is 3.68. The molecule has 3 rings (SSSR count). The van der Waals surface area contributed by atoms with Crippen LogP contribution in [0.2, 0.25) is 0 Å². The molecule has 112 valence electrons. The molecule has 2 aromatic rings. The van der Waals surface area contributed by atoms with E-state index in [1.807, 2.05) is 31.2 Å². The molecule has 0 atom stereocenters. The molecule has 0 saturated carbocycles. The monoisotopic (exact) mass is 295 g/mol. The Labute approximate surface area is 129 Å². The highest BCUT2D eigenvalue weighted by atomic mass is 16.5. The molecule has 0 fully saturated rings. The lowest BCUT2D eigenvalue weighted by molar-refractivity contribution is 0.0642. The normalized spacial score (nSPS) is 13.6. The molecule has 2 aromatic carbocycles. The summed E-state index contributed by atoms with van der Waals surface area (Å²) in [4.78, 5) is 26.0. The van der Waals surface area contributed by atoms with Gasteiger partial charge >= 0.3 is 0 Å². The average molecular weight is 295 g/mol. The zero-order chi connectivity index (χ0) is 15.5. The maximum atomic E-state index is 12.3. The molecule has 0 bridgehead atoms. The van der Waals surface area contributed by atoms with E-state index in [0.29, 0.717) is 24.3 Å². The van der Waals surface area contributed by atoms with E-state index in [1.54, 1.807) is 24.3 Å². The van der Waals surface area contributed by atoms with Crippen LogP contribution in [0.1, 0.15) is 38.8 Å². The summed E-state index contributed by atoms with van der Waals surface area (Å²) < 4.78 is 5.39. The number of ether oxygens (including phenoxy) is 1. The Bertz CT molecular complexity index is 689. The van der Waals surface area contributed by atoms with Crippen molar-refractivity contribution in [2.24, 2.45) is 0 Å². The van der Waals surface area contributed by atoms with Crippen molar-refractivity contribution in [1.29, 1.82) is 0 Å². The van der Waals surface area contributed by atoms with E-state index in [9.17, 15) is 9.59 Å². The predicted molar refractivity (Wildman–Crippen MR) is 82.4 cm³/mol. The Morgan fingerprint density at radius 3 is 2.18 bits per heavy atom. The highest BCUT2D eigenvalue weighted by Crippen LogP contribution is 2.24. The number of nitrogens with zero attached hydrogens (tertiary/aromatic N) is 1. The summed E-state index contributed by atoms with van der Waals surface area (Å²) in [6.07, 6.45) is 0. The highest BCUT2D eigenvalue weighted by molar-refractivity contribution is 6.21. The lowest BCUT2D eigenvalue weighted by Crippen LogP contribution is -2.29. The number of rotatable bonds is 5. The summed E-state index contributed by atoms with van der Waals surface area (Å²) in [7, 11) is 0. The zero-order valence-electron chi connectivity index (χ0n) is 12.4. The smallest absolute Gasteiger partial charge is 0.261 e. The molecule has 0 aliphatic carbocycles. The van der Waals surface area contributed by atoms with Crippen LogP contribution >= 0.6 is 0 Å². The Morgan fingerprint density at radius 1 is 0.909 bits per heavy atom. The summed E-state index contributed by atoms with van der Waals surface area (Å²) >= 11 is 0. The van der Waals surface area contributed by atoms with Crippen LogP contribution in [0.25, 0.3) is 0 Å². The molecule has 1 aliphatic heterocycles. The van der Waals surface area contributed by atoms with Gasteiger partial charge in [0.15, 0.2) is 0 Å². The van der Waals surface area contributed by atoms with Crippen LogP contribution in [0.5, 0.6) is 0 Å². The number of fused-ring (bicyclic) bond motifs is 1. The van der Waals surface area contributed by atoms with E-state index in [4.69, 9.17) is 4.74 Å². The van der Waals surface area contributed by atoms with Gasteiger partial charge in [-0.25, -0.2) is 0 Å². The van der Waals surface area contributed by atoms with E-state index in [2.05, 4.69) is 0 Å². The zero-order valence-corrected chi connectivity index (χ0v) is 12.4. The van der Waals surface area contributed by atoms with E-state index in [1.165, 1.54) is 4.90 Å². The molecule has 0 spiro atoms. The third kappa shape index (κ3) is 2.65. The molecule has 4 nitrogen and oxygen atoms in total. The Morgan fingerprint density at radius 2 is 1.55 bits per heavy atom. The van der Waals surface area contributed by atoms with E-state index in [0.717, 1.165) is 11.1 Å². The second kappa shape index (κ2) is 6.12. The molecule has 0 radical (unpaired) electrons. The molecule has 0 saturated heterocycles. The molecule has 2 amide bonds. The molecule has 0 N–H and O–H groups in total. The molecule has 22 heavy (non-hydrogen) atoms. The lowest BCUT2D eigenvalue weighted by atomic mass is 10.1. The summed E-state index contributed by atoms with van der Waals surface area (Å²) in [5, 5.41) is 0. The van der Waals surface area contributed by atoms with Gasteiger partial charge in [-0.05, 0) is 30.2 Å². The topological polar surface area (TPSA) is 46.6 Å². The quantitative estimate of drug-likeness (QED) is 0.797. The van der Waals surface area contributed by atoms with Crippen molar-refractivity contribution in [3.8, 4) is 0 Å². The van der Waals surface area contributed by atoms with Crippen LogP contribution in [0.4, 0.5) is 0 Å². The number of amides is 2. The molecular formula is C18H17NO3. The maximum Gasteiger partial charge on any atom is 0.261 e. The van der Waals surface area contributed by atoms with Crippen molar-refractivity contribution >= 4 is 11.8 Å². The minimum atomic E-state index is -0.226. The van der Waals surface area contributed by atoms with Crippen LogP contribution in [0.3, 0.4) is 0 Å². The van der Waals surface area contributed by atoms with Crippen molar-refractivity contribution in [2.75, 3.05) is 6.61 Å². The van der Waals surface area contributed by atoms with Gasteiger partial charge in [0.1, 0.15) is 0 Å². The van der Waals surface area contributed by atoms with E-state index < -0.39 is 0 Å². The van der Waals surface area contributed by atoms with Gasteiger partial charge in [0.05, 0.1) is 24.3 Å². The molecule has 0 aromatic heterocycles. The van der Waals surface area contributed by atoms with Crippen molar-refractivity contribution in [2.45, 2.75) is 20.1 Å². The van der Waals surface area contributed by atoms with Gasteiger partial charge in [0.2, 0.25) is 0 Å². The van der Waals surface area contributed by atoms with Crippen LogP contribution < -0.4 is 0 Å². The van der Waals surface area contributed by atoms with Crippen molar-refractivity contribution in [3.63, 3.8) is 0 Å². The van der Waals surface area contributed by atoms with Crippen molar-refractivity contribution in [3.05, 3.63) is 70.8 Å². The number of hydrogen-bond acceptors (Lipinski definition) is 3. The summed E-state index contributed by atoms with van der Waals surface area (Å²) in [5.41, 5.74) is 2.93. The fraction of sp³-hybridized carbons (Fsp3) is 0.222. The second-order valence-electron chi connectivity index (χ2n) is 5.20. The van der Waals surface area contributed by atoms with Crippen LogP contribution in [0, 0.1) is 0 Å². The molecule has 4 heteroatoms. The van der Waals surface area contributed by atoms with Gasteiger partial charge in [0.25, 0.3) is 11.8 Å². The van der Waals surface area contributed by atoms with Gasteiger partial charge < -0.3 is 4.74 Å². The predicted octanol–water partition coefficient (Wildman–Crippen LogP) is 3.02. The standard InChI is InChI=1S/C18H17NO3/c1-2-22-12-14-7-5-6-13(10-14)11-19-17(20)15-8-3-4-9-16(15)18(19)21/h3-10H,2,11-12H2,1H3. The fourth-order valence-electron chi connectivity index (χ4n) is 2.60. The molecule has 1 aliphatic rings. The summed E-state index contributed by atoms with van der Waals surface area (Å²) in [6.45, 7) is 3.42. The highest BCUT2D eigenvalue weighted by Gasteiger charge is 2.34. The van der Waals surface area contributed by atoms with Crippen molar-refractivity contribution < 1.29 is 14.3 Å². The number of hydrogen-bond donors (Lipinski definition) is 0. The summed E-state index contributed by atoms with van der Waals surface area (Å²) in [5.74, 6) is -0.452. The first-order valence-corrected chi connectivity index (χ1v) is 7.31. The van der Waals surface area contributed by atoms with Crippen LogP contribution in [-0.2, 0) is 17.9 Å². The SMILES string of the molecule is CCOCc1cccc(CN2C(=O)c3ccccc3C2=O)c1. The van der Waals surface area contributed by atoms with Gasteiger partial charge in [-0.2, -0.15) is 0 Å². The van der Waals surface area contributed by atoms with Crippen LogP contribution in [-0.4, -0.2) is 23.3 Å². The van der Waals surface area contributed by atoms with E-state index in [-0.39, 0.29) is 18.4 Å². The Balaban J connectivity index is 1.80. The Kier molecular flexibility index (Phi) is 4.02. The number of carbonyl (C=O) groups excluding carboxylic acids is 2. The van der Waals surface area contributed by atoms with E-state index >= 15 is 0 Å². The van der Waals surface area contributed by atoms with Crippen LogP contribution in [0.15, 0.2) is 48.5 Å². The Hall–Kier alpha value is -2.46. The minimum Gasteiger partial charge on any atom is -0.377 e.